The van der Waals surface area contributed by atoms with Crippen LogP contribution in [0.4, 0.5) is 0 Å². The van der Waals surface area contributed by atoms with Crippen molar-refractivity contribution in [2.75, 3.05) is 13.1 Å². The molecule has 0 atom stereocenters. The molecule has 1 rings (SSSR count). The third-order valence-electron chi connectivity index (χ3n) is 2.06. The summed E-state index contributed by atoms with van der Waals surface area (Å²) in [7, 11) is 0. The zero-order valence-corrected chi connectivity index (χ0v) is 7.22. The highest BCUT2D eigenvalue weighted by molar-refractivity contribution is 5.01. The normalized spacial score (nSPS) is 21.1. The quantitative estimate of drug-likeness (QED) is 0.567. The predicted molar refractivity (Wildman–Crippen MR) is 44.8 cm³/mol. The highest BCUT2D eigenvalue weighted by atomic mass is 15.2. The Morgan fingerprint density at radius 1 is 1.60 bits per heavy atom. The summed E-state index contributed by atoms with van der Waals surface area (Å²) in [4.78, 5) is 2.44. The maximum absolute atomic E-state index is 2.44. The summed E-state index contributed by atoms with van der Waals surface area (Å²) in [6, 6.07) is 0. The molecule has 1 heterocycles. The molecule has 0 amide bonds. The Morgan fingerprint density at radius 3 is 2.60 bits per heavy atom. The van der Waals surface area contributed by atoms with Crippen LogP contribution in [0.2, 0.25) is 0 Å². The highest BCUT2D eigenvalue weighted by Gasteiger charge is 2.21. The third-order valence-corrected chi connectivity index (χ3v) is 2.06. The topological polar surface area (TPSA) is 3.24 Å². The lowest BCUT2D eigenvalue weighted by Crippen LogP contribution is -2.43. The Bertz CT molecular complexity index is 132. The van der Waals surface area contributed by atoms with Gasteiger partial charge in [0.1, 0.15) is 0 Å². The molecular weight excluding hydrogens is 122 g/mol. The van der Waals surface area contributed by atoms with E-state index in [4.69, 9.17) is 0 Å². The second kappa shape index (κ2) is 3.09. The van der Waals surface area contributed by atoms with Gasteiger partial charge in [-0.15, -0.1) is 0 Å². The van der Waals surface area contributed by atoms with Crippen LogP contribution in [0.15, 0.2) is 11.8 Å². The monoisotopic (exact) mass is 139 g/mol. The van der Waals surface area contributed by atoms with Crippen LogP contribution in [-0.4, -0.2) is 18.0 Å². The molecule has 1 nitrogen and oxygen atoms in total. The fourth-order valence-corrected chi connectivity index (χ4v) is 1.41. The molecule has 1 saturated heterocycles. The van der Waals surface area contributed by atoms with Crippen LogP contribution < -0.4 is 0 Å². The summed E-state index contributed by atoms with van der Waals surface area (Å²) in [6.07, 6.45) is 3.46. The SMILES string of the molecule is CCC=C(C)N1CC(C)C1. The zero-order chi connectivity index (χ0) is 7.56. The van der Waals surface area contributed by atoms with Gasteiger partial charge >= 0.3 is 0 Å². The number of rotatable bonds is 2. The molecule has 1 aliphatic heterocycles. The molecule has 0 spiro atoms. The van der Waals surface area contributed by atoms with Crippen LogP contribution in [0.5, 0.6) is 0 Å². The van der Waals surface area contributed by atoms with E-state index in [1.807, 2.05) is 0 Å². The van der Waals surface area contributed by atoms with E-state index in [1.165, 1.54) is 18.8 Å². The fraction of sp³-hybridized carbons (Fsp3) is 0.778. The van der Waals surface area contributed by atoms with Crippen LogP contribution in [0.3, 0.4) is 0 Å². The molecule has 1 heteroatoms. The van der Waals surface area contributed by atoms with Crippen LogP contribution >= 0.6 is 0 Å². The third kappa shape index (κ3) is 1.53. The first-order valence-electron chi connectivity index (χ1n) is 4.15. The van der Waals surface area contributed by atoms with Gasteiger partial charge in [0.25, 0.3) is 0 Å². The van der Waals surface area contributed by atoms with Gasteiger partial charge in [-0.05, 0) is 19.3 Å². The van der Waals surface area contributed by atoms with Gasteiger partial charge in [-0.3, -0.25) is 0 Å². The minimum absolute atomic E-state index is 0.917. The first-order chi connectivity index (χ1) is 4.74. The first kappa shape index (κ1) is 7.64. The smallest absolute Gasteiger partial charge is 0.0217 e. The molecule has 0 radical (unpaired) electrons. The summed E-state index contributed by atoms with van der Waals surface area (Å²) >= 11 is 0. The van der Waals surface area contributed by atoms with Crippen molar-refractivity contribution >= 4 is 0 Å². The number of hydrogen-bond donors (Lipinski definition) is 0. The number of hydrogen-bond acceptors (Lipinski definition) is 1. The second-order valence-corrected chi connectivity index (χ2v) is 3.26. The zero-order valence-electron chi connectivity index (χ0n) is 7.22. The minimum atomic E-state index is 0.917. The maximum Gasteiger partial charge on any atom is 0.0217 e. The minimum Gasteiger partial charge on any atom is -0.375 e. The van der Waals surface area contributed by atoms with Crippen molar-refractivity contribution in [2.45, 2.75) is 27.2 Å². The standard InChI is InChI=1S/C9H17N/c1-4-5-9(3)10-6-8(2)7-10/h5,8H,4,6-7H2,1-3H3. The Balaban J connectivity index is 2.30. The van der Waals surface area contributed by atoms with Crippen LogP contribution in [-0.2, 0) is 0 Å². The van der Waals surface area contributed by atoms with E-state index in [2.05, 4.69) is 31.7 Å². The maximum atomic E-state index is 2.44. The van der Waals surface area contributed by atoms with Crippen LogP contribution in [0.25, 0.3) is 0 Å². The second-order valence-electron chi connectivity index (χ2n) is 3.26. The van der Waals surface area contributed by atoms with E-state index in [0.29, 0.717) is 0 Å². The number of likely N-dealkylation sites (tertiary alicyclic amines) is 1. The van der Waals surface area contributed by atoms with Crippen molar-refractivity contribution in [3.05, 3.63) is 11.8 Å². The molecule has 1 aliphatic rings. The summed E-state index contributed by atoms with van der Waals surface area (Å²) in [6.45, 7) is 9.22. The molecule has 0 aliphatic carbocycles. The van der Waals surface area contributed by atoms with Gasteiger partial charge in [0.05, 0.1) is 0 Å². The largest absolute Gasteiger partial charge is 0.375 e. The van der Waals surface area contributed by atoms with Gasteiger partial charge in [0.15, 0.2) is 0 Å². The molecule has 58 valence electrons. The molecule has 0 unspecified atom stereocenters. The van der Waals surface area contributed by atoms with E-state index >= 15 is 0 Å². The fourth-order valence-electron chi connectivity index (χ4n) is 1.41. The molecule has 10 heavy (non-hydrogen) atoms. The molecule has 1 fully saturated rings. The first-order valence-corrected chi connectivity index (χ1v) is 4.15. The Kier molecular flexibility index (Phi) is 2.36. The van der Waals surface area contributed by atoms with Gasteiger partial charge in [0, 0.05) is 18.8 Å². The van der Waals surface area contributed by atoms with E-state index in [0.717, 1.165) is 12.3 Å². The van der Waals surface area contributed by atoms with Gasteiger partial charge in [-0.25, -0.2) is 0 Å². The Morgan fingerprint density at radius 2 is 2.20 bits per heavy atom. The van der Waals surface area contributed by atoms with Crippen molar-refractivity contribution in [3.63, 3.8) is 0 Å². The van der Waals surface area contributed by atoms with Crippen molar-refractivity contribution in [2.24, 2.45) is 5.92 Å². The lowest BCUT2D eigenvalue weighted by molar-refractivity contribution is 0.158. The molecule has 0 N–H and O–H groups in total. The Labute approximate surface area is 63.7 Å². The van der Waals surface area contributed by atoms with Crippen molar-refractivity contribution in [3.8, 4) is 0 Å². The number of allylic oxidation sites excluding steroid dienone is 2. The van der Waals surface area contributed by atoms with E-state index < -0.39 is 0 Å². The lowest BCUT2D eigenvalue weighted by Gasteiger charge is -2.39. The predicted octanol–water partition coefficient (Wildman–Crippen LogP) is 2.25. The number of nitrogens with zero attached hydrogens (tertiary/aromatic N) is 1. The molecule has 0 aromatic rings. The average Bonchev–Trinajstić information content (AvgIpc) is 1.82. The van der Waals surface area contributed by atoms with E-state index in [9.17, 15) is 0 Å². The highest BCUT2D eigenvalue weighted by Crippen LogP contribution is 2.19. The summed E-state index contributed by atoms with van der Waals surface area (Å²) in [5, 5.41) is 0. The molecule has 0 bridgehead atoms. The van der Waals surface area contributed by atoms with Crippen molar-refractivity contribution < 1.29 is 0 Å². The molecule has 0 aromatic carbocycles. The van der Waals surface area contributed by atoms with Crippen molar-refractivity contribution in [1.82, 2.24) is 4.90 Å². The van der Waals surface area contributed by atoms with Gasteiger partial charge in [-0.2, -0.15) is 0 Å². The molecular formula is C9H17N. The summed E-state index contributed by atoms with van der Waals surface area (Å²) in [5.41, 5.74) is 1.46. The average molecular weight is 139 g/mol. The van der Waals surface area contributed by atoms with E-state index in [1.54, 1.807) is 0 Å². The van der Waals surface area contributed by atoms with E-state index in [-0.39, 0.29) is 0 Å². The van der Waals surface area contributed by atoms with Gasteiger partial charge < -0.3 is 4.90 Å². The lowest BCUT2D eigenvalue weighted by atomic mass is 10.0. The van der Waals surface area contributed by atoms with Crippen LogP contribution in [0, 0.1) is 5.92 Å². The van der Waals surface area contributed by atoms with Crippen LogP contribution in [0.1, 0.15) is 27.2 Å². The van der Waals surface area contributed by atoms with Gasteiger partial charge in [-0.1, -0.05) is 19.9 Å². The summed E-state index contributed by atoms with van der Waals surface area (Å²) in [5.74, 6) is 0.917. The van der Waals surface area contributed by atoms with Gasteiger partial charge in [0.2, 0.25) is 0 Å². The molecule has 0 aromatic heterocycles. The molecule has 0 saturated carbocycles. The van der Waals surface area contributed by atoms with Crippen molar-refractivity contribution in [1.29, 1.82) is 0 Å². The Hall–Kier alpha value is -0.460. The summed E-state index contributed by atoms with van der Waals surface area (Å²) < 4.78 is 0.